The number of nitriles is 2. The Bertz CT molecular complexity index is 2570. The predicted molar refractivity (Wildman–Crippen MR) is 221 cm³/mol. The number of nitrogens with zero attached hydrogens (tertiary/aromatic N) is 8. The van der Waals surface area contributed by atoms with Crippen LogP contribution in [-0.4, -0.2) is 73.7 Å². The smallest absolute Gasteiger partial charge is 0.326 e. The van der Waals surface area contributed by atoms with Gasteiger partial charge < -0.3 is 30.0 Å². The van der Waals surface area contributed by atoms with Crippen molar-refractivity contribution < 1.29 is 23.7 Å². The number of benzene rings is 2. The molecular weight excluding hydrogens is 788 g/mol. The van der Waals surface area contributed by atoms with Crippen LogP contribution in [0.1, 0.15) is 55.5 Å². The molecule has 19 heteroatoms. The van der Waals surface area contributed by atoms with Gasteiger partial charge in [0.25, 0.3) is 0 Å². The Morgan fingerprint density at radius 1 is 0.767 bits per heavy atom. The number of aryl methyl sites for hydroxylation is 1. The maximum absolute atomic E-state index is 9.29. The number of aromatic amines is 2. The van der Waals surface area contributed by atoms with Gasteiger partial charge in [-0.05, 0) is 62.8 Å². The largest absolute Gasteiger partial charge is 0.496 e. The molecule has 2 aliphatic rings. The Hall–Kier alpha value is -7.15. The number of halogens is 1. The second-order valence-corrected chi connectivity index (χ2v) is 14.9. The summed E-state index contributed by atoms with van der Waals surface area (Å²) in [4.78, 5) is 18.7. The molecule has 18 nitrogen and oxygen atoms in total. The Morgan fingerprint density at radius 3 is 2.07 bits per heavy atom. The highest BCUT2D eigenvalue weighted by Gasteiger charge is 2.33. The van der Waals surface area contributed by atoms with Crippen molar-refractivity contribution in [2.75, 3.05) is 30.3 Å². The molecule has 2 aromatic carbocycles. The van der Waals surface area contributed by atoms with E-state index in [9.17, 15) is 5.26 Å². The van der Waals surface area contributed by atoms with E-state index in [1.807, 2.05) is 37.3 Å². The lowest BCUT2D eigenvalue weighted by Crippen LogP contribution is -2.52. The third-order valence-corrected chi connectivity index (χ3v) is 10.7. The van der Waals surface area contributed by atoms with Crippen molar-refractivity contribution in [2.24, 2.45) is 5.73 Å². The molecule has 0 amide bonds. The fraction of sp³-hybridized carbons (Fsp3) is 0.317. The van der Waals surface area contributed by atoms with Crippen LogP contribution in [0, 0.1) is 29.6 Å². The lowest BCUT2D eigenvalue weighted by atomic mass is 10.0. The summed E-state index contributed by atoms with van der Waals surface area (Å²) in [6, 6.07) is 15.2. The van der Waals surface area contributed by atoms with Crippen molar-refractivity contribution in [1.29, 1.82) is 10.5 Å². The topological polar surface area (TPSA) is 247 Å². The number of rotatable bonds is 14. The molecule has 0 spiro atoms. The first kappa shape index (κ1) is 39.7. The maximum Gasteiger partial charge on any atom is 0.326 e. The average Bonchev–Trinajstić information content (AvgIpc) is 4.09. The van der Waals surface area contributed by atoms with Gasteiger partial charge >= 0.3 is 5.82 Å². The van der Waals surface area contributed by atoms with E-state index in [4.69, 9.17) is 41.5 Å². The lowest BCUT2D eigenvalue weighted by Gasteiger charge is -2.20. The molecule has 0 aliphatic heterocycles. The van der Waals surface area contributed by atoms with Crippen LogP contribution in [0.25, 0.3) is 22.5 Å². The predicted octanol–water partition coefficient (Wildman–Crippen LogP) is 5.95. The van der Waals surface area contributed by atoms with Crippen LogP contribution in [0.3, 0.4) is 0 Å². The number of hydrogen-bond acceptors (Lipinski definition) is 15. The van der Waals surface area contributed by atoms with Gasteiger partial charge in [-0.3, -0.25) is 5.10 Å². The average molecular weight is 830 g/mol. The molecule has 2 saturated carbocycles. The third kappa shape index (κ3) is 8.51. The highest BCUT2D eigenvalue weighted by atomic mass is 35.5. The summed E-state index contributed by atoms with van der Waals surface area (Å²) in [5, 5.41) is 36.2. The Morgan fingerprint density at radius 2 is 1.42 bits per heavy atom. The molecule has 2 fully saturated rings. The second kappa shape index (κ2) is 17.4. The molecule has 4 atom stereocenters. The van der Waals surface area contributed by atoms with Gasteiger partial charge in [0, 0.05) is 18.5 Å². The molecule has 7 N–H and O–H groups in total. The molecule has 0 bridgehead atoms. The van der Waals surface area contributed by atoms with E-state index in [2.05, 4.69) is 51.3 Å². The third-order valence-electron chi connectivity index (χ3n) is 10.4. The van der Waals surface area contributed by atoms with E-state index >= 15 is 0 Å². The number of hydrogen-bond donors (Lipinski definition) is 6. The zero-order chi connectivity index (χ0) is 41.8. The summed E-state index contributed by atoms with van der Waals surface area (Å²) in [5.41, 5.74) is 14.0. The number of nitrogens with one attached hydrogen (secondary N) is 5. The van der Waals surface area contributed by atoms with Crippen molar-refractivity contribution in [1.82, 2.24) is 35.2 Å². The van der Waals surface area contributed by atoms with Crippen LogP contribution < -0.4 is 45.5 Å². The van der Waals surface area contributed by atoms with Crippen LogP contribution in [0.15, 0.2) is 61.2 Å². The van der Waals surface area contributed by atoms with E-state index in [1.165, 1.54) is 24.8 Å². The summed E-state index contributed by atoms with van der Waals surface area (Å²) >= 11 is 6.84. The Kier molecular flexibility index (Phi) is 11.5. The molecule has 0 radical (unpaired) electrons. The molecule has 0 saturated heterocycles. The van der Waals surface area contributed by atoms with Gasteiger partial charge in [-0.1, -0.05) is 22.5 Å². The first-order valence-electron chi connectivity index (χ1n) is 19.3. The zero-order valence-corrected chi connectivity index (χ0v) is 33.7. The summed E-state index contributed by atoms with van der Waals surface area (Å²) in [6.07, 6.45) is 10.2. The van der Waals surface area contributed by atoms with E-state index < -0.39 is 0 Å². The van der Waals surface area contributed by atoms with Gasteiger partial charge in [0.05, 0.1) is 78.7 Å². The van der Waals surface area contributed by atoms with Gasteiger partial charge in [-0.2, -0.15) is 15.6 Å². The minimum absolute atomic E-state index is 0.0129. The van der Waals surface area contributed by atoms with Crippen molar-refractivity contribution in [3.05, 3.63) is 83.2 Å². The number of aromatic nitrogens is 8. The fourth-order valence-electron chi connectivity index (χ4n) is 7.50. The number of H-pyrrole nitrogens is 2. The van der Waals surface area contributed by atoms with Crippen LogP contribution in [0.2, 0.25) is 5.02 Å². The van der Waals surface area contributed by atoms with Gasteiger partial charge in [-0.25, -0.2) is 35.8 Å². The van der Waals surface area contributed by atoms with Crippen LogP contribution in [0.4, 0.5) is 23.3 Å². The summed E-state index contributed by atoms with van der Waals surface area (Å²) in [6.45, 7) is 2.02. The van der Waals surface area contributed by atoms with E-state index in [1.54, 1.807) is 37.2 Å². The molecule has 4 aromatic heterocycles. The van der Waals surface area contributed by atoms with E-state index in [0.29, 0.717) is 63.2 Å². The van der Waals surface area contributed by atoms with Crippen molar-refractivity contribution >= 4 is 34.9 Å². The van der Waals surface area contributed by atoms with Crippen molar-refractivity contribution in [2.45, 2.75) is 69.7 Å². The molecule has 60 heavy (non-hydrogen) atoms. The molecular formula is C41H42ClN14O4+. The first-order valence-corrected chi connectivity index (χ1v) is 19.7. The van der Waals surface area contributed by atoms with Crippen LogP contribution >= 0.6 is 11.6 Å². The molecule has 6 aromatic rings. The van der Waals surface area contributed by atoms with Gasteiger partial charge in [0.15, 0.2) is 23.0 Å². The van der Waals surface area contributed by atoms with Crippen molar-refractivity contribution in [3.63, 3.8) is 0 Å². The SMILES string of the molecule is COc1ccc(C)c(O[C@@H]2CC[C@H](N)C2)c1-c1cc(Nc2cnc(C#N)cn2)[n+](N[C@H]2CC[C@@H](Oc3c(Cl)ccc(OC)c3-c3cc(Nc4cnc(C#N)cn4)n[nH]3)C2)[nH]1. The second-order valence-electron chi connectivity index (χ2n) is 14.5. The van der Waals surface area contributed by atoms with E-state index in [0.717, 1.165) is 54.7 Å². The van der Waals surface area contributed by atoms with Gasteiger partial charge in [-0.15, -0.1) is 0 Å². The highest BCUT2D eigenvalue weighted by Crippen LogP contribution is 2.45. The Balaban J connectivity index is 1.06. The molecule has 8 rings (SSSR count). The first-order chi connectivity index (χ1) is 29.2. The highest BCUT2D eigenvalue weighted by molar-refractivity contribution is 6.32. The van der Waals surface area contributed by atoms with E-state index in [-0.39, 0.29) is 35.7 Å². The van der Waals surface area contributed by atoms with Crippen molar-refractivity contribution in [3.8, 4) is 57.7 Å². The summed E-state index contributed by atoms with van der Waals surface area (Å²) < 4.78 is 25.0. The van der Waals surface area contributed by atoms with Crippen LogP contribution in [-0.2, 0) is 0 Å². The zero-order valence-electron chi connectivity index (χ0n) is 33.0. The maximum atomic E-state index is 9.29. The molecule has 0 unspecified atom stereocenters. The molecule has 4 heterocycles. The molecule has 2 aliphatic carbocycles. The monoisotopic (exact) mass is 829 g/mol. The Labute approximate surface area is 350 Å². The summed E-state index contributed by atoms with van der Waals surface area (Å²) in [5.74, 6) is 4.30. The number of anilines is 4. The minimum Gasteiger partial charge on any atom is -0.496 e. The number of ether oxygens (including phenoxy) is 4. The number of nitrogens with two attached hydrogens (primary N) is 1. The fourth-order valence-corrected chi connectivity index (χ4v) is 7.70. The van der Waals surface area contributed by atoms with Gasteiger partial charge in [0.1, 0.15) is 47.4 Å². The quantitative estimate of drug-likeness (QED) is 0.0695. The normalized spacial score (nSPS) is 18.3. The standard InChI is InChI=1S/C41H41ClN14O4/c1-22-4-10-32(57-2)39(40(22)59-27-7-5-23(45)12-27)31-15-37(51-36-21-47-26(17-44)19-49-36)56(55-31)54-24-6-8-28(13-24)60-41-29(42)9-11-33(58-3)38(41)30-14-34(53-52-30)50-35-20-46-25(16-43)18-48-35/h4,9-11,14-15,18-21,23-24,27-28,54H,5-8,12-13,45H2,1-3H3,(H3,46,47,48,49,50,51,52,53,55)/p+1/t23-,24-,27+,28+/m0/s1. The van der Waals surface area contributed by atoms with Gasteiger partial charge in [0.2, 0.25) is 5.82 Å². The minimum atomic E-state index is -0.217. The number of methoxy groups -OCH3 is 2. The van der Waals surface area contributed by atoms with Crippen LogP contribution in [0.5, 0.6) is 23.0 Å². The molecule has 306 valence electrons. The lowest BCUT2D eigenvalue weighted by molar-refractivity contribution is -0.695. The summed E-state index contributed by atoms with van der Waals surface area (Å²) in [7, 11) is 3.22.